The van der Waals surface area contributed by atoms with Gasteiger partial charge in [0.2, 0.25) is 15.9 Å². The maximum Gasteiger partial charge on any atom is 0.240 e. The van der Waals surface area contributed by atoms with Crippen LogP contribution in [0.4, 0.5) is 5.69 Å². The number of ether oxygens (including phenoxy) is 2. The van der Waals surface area contributed by atoms with Crippen LogP contribution in [0.5, 0.6) is 11.5 Å². The second-order valence-electron chi connectivity index (χ2n) is 5.49. The molecule has 25 heavy (non-hydrogen) atoms. The van der Waals surface area contributed by atoms with Crippen LogP contribution < -0.4 is 19.1 Å². The van der Waals surface area contributed by atoms with Gasteiger partial charge in [-0.1, -0.05) is 31.4 Å². The first-order valence-electron chi connectivity index (χ1n) is 7.90. The molecule has 9 heteroatoms. The van der Waals surface area contributed by atoms with E-state index in [-0.39, 0.29) is 28.8 Å². The Bertz CT molecular complexity index is 694. The number of hydrogen-bond acceptors (Lipinski definition) is 5. The molecule has 0 aliphatic carbocycles. The average Bonchev–Trinajstić information content (AvgIpc) is 2.55. The lowest BCUT2D eigenvalue weighted by molar-refractivity contribution is -0.119. The van der Waals surface area contributed by atoms with E-state index < -0.39 is 15.9 Å². The summed E-state index contributed by atoms with van der Waals surface area (Å²) < 4.78 is 35.8. The van der Waals surface area contributed by atoms with E-state index in [2.05, 4.69) is 12.2 Å². The number of hydrogen-bond donors (Lipinski definition) is 1. The van der Waals surface area contributed by atoms with Gasteiger partial charge in [-0.25, -0.2) is 8.42 Å². The molecule has 1 amide bonds. The summed E-state index contributed by atoms with van der Waals surface area (Å²) in [5.74, 6) is 0.127. The lowest BCUT2D eigenvalue weighted by Crippen LogP contribution is -2.40. The number of anilines is 1. The van der Waals surface area contributed by atoms with Crippen LogP contribution in [0.25, 0.3) is 0 Å². The van der Waals surface area contributed by atoms with E-state index in [0.717, 1.165) is 29.8 Å². The molecule has 1 aromatic carbocycles. The Kier molecular flexibility index (Phi) is 8.31. The van der Waals surface area contributed by atoms with Crippen molar-refractivity contribution >= 4 is 33.2 Å². The van der Waals surface area contributed by atoms with Crippen molar-refractivity contribution < 1.29 is 22.7 Å². The summed E-state index contributed by atoms with van der Waals surface area (Å²) in [5, 5.41) is 3.00. The molecule has 0 saturated carbocycles. The molecule has 0 aliphatic rings. The largest absolute Gasteiger partial charge is 0.495 e. The lowest BCUT2D eigenvalue weighted by Gasteiger charge is -2.24. The SMILES string of the molecule is CCCCCNC(=O)CN(c1cc(OC)c(Cl)cc1OC)S(C)(=O)=O. The van der Waals surface area contributed by atoms with Crippen LogP contribution in [0.2, 0.25) is 5.02 Å². The minimum atomic E-state index is -3.72. The molecule has 7 nitrogen and oxygen atoms in total. The maximum atomic E-state index is 12.2. The molecule has 1 N–H and O–H groups in total. The molecule has 0 heterocycles. The van der Waals surface area contributed by atoms with Crippen molar-refractivity contribution in [1.29, 1.82) is 0 Å². The van der Waals surface area contributed by atoms with Crippen LogP contribution in [-0.2, 0) is 14.8 Å². The van der Waals surface area contributed by atoms with E-state index in [1.807, 2.05) is 0 Å². The van der Waals surface area contributed by atoms with Gasteiger partial charge in [0.15, 0.2) is 0 Å². The summed E-state index contributed by atoms with van der Waals surface area (Å²) in [4.78, 5) is 12.1. The molecule has 0 atom stereocenters. The first-order chi connectivity index (χ1) is 11.7. The first kappa shape index (κ1) is 21.4. The number of carbonyl (C=O) groups excluding carboxylic acids is 1. The van der Waals surface area contributed by atoms with E-state index in [9.17, 15) is 13.2 Å². The number of amides is 1. The summed E-state index contributed by atoms with van der Waals surface area (Å²) >= 11 is 6.05. The van der Waals surface area contributed by atoms with Crippen molar-refractivity contribution in [2.24, 2.45) is 0 Å². The highest BCUT2D eigenvalue weighted by molar-refractivity contribution is 7.92. The van der Waals surface area contributed by atoms with E-state index in [1.54, 1.807) is 0 Å². The highest BCUT2D eigenvalue weighted by atomic mass is 35.5. The molecule has 1 rings (SSSR count). The molecule has 1 aromatic rings. The topological polar surface area (TPSA) is 84.9 Å². The van der Waals surface area contributed by atoms with Gasteiger partial charge in [0.05, 0.1) is 31.2 Å². The molecule has 0 saturated heterocycles. The number of rotatable bonds is 10. The number of benzene rings is 1. The van der Waals surface area contributed by atoms with Crippen molar-refractivity contribution in [2.75, 3.05) is 37.9 Å². The maximum absolute atomic E-state index is 12.2. The van der Waals surface area contributed by atoms with Gasteiger partial charge in [0.25, 0.3) is 0 Å². The number of nitrogens with one attached hydrogen (secondary N) is 1. The van der Waals surface area contributed by atoms with Gasteiger partial charge in [0.1, 0.15) is 18.0 Å². The molecule has 0 spiro atoms. The van der Waals surface area contributed by atoms with E-state index >= 15 is 0 Å². The first-order valence-corrected chi connectivity index (χ1v) is 10.1. The molecular weight excluding hydrogens is 368 g/mol. The standard InChI is InChI=1S/C16H25ClN2O5S/c1-5-6-7-8-18-16(20)11-19(25(4,21)22)13-10-14(23-2)12(17)9-15(13)24-3/h9-10H,5-8,11H2,1-4H3,(H,18,20). The third-order valence-electron chi connectivity index (χ3n) is 3.51. The Hall–Kier alpha value is -1.67. The molecule has 0 fully saturated rings. The highest BCUT2D eigenvalue weighted by Crippen LogP contribution is 2.38. The zero-order valence-corrected chi connectivity index (χ0v) is 16.5. The fraction of sp³-hybridized carbons (Fsp3) is 0.562. The molecule has 142 valence electrons. The Morgan fingerprint density at radius 2 is 1.84 bits per heavy atom. The summed E-state index contributed by atoms with van der Waals surface area (Å²) in [6, 6.07) is 2.89. The van der Waals surface area contributed by atoms with Crippen molar-refractivity contribution in [3.05, 3.63) is 17.2 Å². The van der Waals surface area contributed by atoms with Crippen LogP contribution in [0.15, 0.2) is 12.1 Å². The molecule has 0 bridgehead atoms. The third-order valence-corrected chi connectivity index (χ3v) is 4.93. The van der Waals surface area contributed by atoms with Gasteiger partial charge in [-0.3, -0.25) is 9.10 Å². The summed E-state index contributed by atoms with van der Waals surface area (Å²) in [7, 11) is -0.910. The highest BCUT2D eigenvalue weighted by Gasteiger charge is 2.25. The molecule has 0 unspecified atom stereocenters. The monoisotopic (exact) mass is 392 g/mol. The van der Waals surface area contributed by atoms with Gasteiger partial charge < -0.3 is 14.8 Å². The van der Waals surface area contributed by atoms with Crippen LogP contribution in [-0.4, -0.2) is 47.9 Å². The Labute approximate surface area is 154 Å². The van der Waals surface area contributed by atoms with Gasteiger partial charge in [-0.2, -0.15) is 0 Å². The van der Waals surface area contributed by atoms with E-state index in [4.69, 9.17) is 21.1 Å². The van der Waals surface area contributed by atoms with E-state index in [0.29, 0.717) is 6.54 Å². The molecular formula is C16H25ClN2O5S. The number of halogens is 1. The van der Waals surface area contributed by atoms with Crippen molar-refractivity contribution in [2.45, 2.75) is 26.2 Å². The van der Waals surface area contributed by atoms with Crippen LogP contribution >= 0.6 is 11.6 Å². The summed E-state index contributed by atoms with van der Waals surface area (Å²) in [6.07, 6.45) is 3.91. The Morgan fingerprint density at radius 3 is 2.36 bits per heavy atom. The lowest BCUT2D eigenvalue weighted by atomic mass is 10.2. The van der Waals surface area contributed by atoms with Crippen molar-refractivity contribution in [3.63, 3.8) is 0 Å². The average molecular weight is 393 g/mol. The van der Waals surface area contributed by atoms with Gasteiger partial charge in [-0.15, -0.1) is 0 Å². The predicted octanol–water partition coefficient (Wildman–Crippen LogP) is 2.43. The van der Waals surface area contributed by atoms with Crippen LogP contribution in [0, 0.1) is 0 Å². The van der Waals surface area contributed by atoms with Gasteiger partial charge in [-0.05, 0) is 6.42 Å². The van der Waals surface area contributed by atoms with Gasteiger partial charge in [0, 0.05) is 18.7 Å². The second kappa shape index (κ2) is 9.72. The second-order valence-corrected chi connectivity index (χ2v) is 7.80. The number of methoxy groups -OCH3 is 2. The number of nitrogens with zero attached hydrogens (tertiary/aromatic N) is 1. The Morgan fingerprint density at radius 1 is 1.20 bits per heavy atom. The molecule has 0 radical (unpaired) electrons. The fourth-order valence-corrected chi connectivity index (χ4v) is 3.29. The normalized spacial score (nSPS) is 11.1. The molecule has 0 aromatic heterocycles. The minimum Gasteiger partial charge on any atom is -0.495 e. The van der Waals surface area contributed by atoms with Crippen LogP contribution in [0.1, 0.15) is 26.2 Å². The Balaban J connectivity index is 3.10. The number of carbonyl (C=O) groups is 1. The van der Waals surface area contributed by atoms with Crippen molar-refractivity contribution in [3.8, 4) is 11.5 Å². The zero-order valence-electron chi connectivity index (χ0n) is 15.0. The third kappa shape index (κ3) is 6.28. The summed E-state index contributed by atoms with van der Waals surface area (Å²) in [5.41, 5.74) is 0.190. The van der Waals surface area contributed by atoms with Gasteiger partial charge >= 0.3 is 0 Å². The quantitative estimate of drug-likeness (QED) is 0.618. The smallest absolute Gasteiger partial charge is 0.240 e. The number of sulfonamides is 1. The molecule has 0 aliphatic heterocycles. The summed E-state index contributed by atoms with van der Waals surface area (Å²) in [6.45, 7) is 2.21. The zero-order chi connectivity index (χ0) is 19.0. The minimum absolute atomic E-state index is 0.190. The fourth-order valence-electron chi connectivity index (χ4n) is 2.21. The number of unbranched alkanes of at least 4 members (excludes halogenated alkanes) is 2. The predicted molar refractivity (Wildman–Crippen MR) is 99.3 cm³/mol. The van der Waals surface area contributed by atoms with E-state index in [1.165, 1.54) is 26.4 Å². The van der Waals surface area contributed by atoms with Crippen LogP contribution in [0.3, 0.4) is 0 Å². The van der Waals surface area contributed by atoms with Crippen molar-refractivity contribution in [1.82, 2.24) is 5.32 Å².